The number of amides is 2. The van der Waals surface area contributed by atoms with Gasteiger partial charge < -0.3 is 5.73 Å². The molecule has 0 bridgehead atoms. The van der Waals surface area contributed by atoms with Gasteiger partial charge in [0, 0.05) is 6.42 Å². The Morgan fingerprint density at radius 3 is 2.40 bits per heavy atom. The highest BCUT2D eigenvalue weighted by molar-refractivity contribution is 6.40. The van der Waals surface area contributed by atoms with Crippen LogP contribution in [0.2, 0.25) is 0 Å². The number of rotatable bonds is 6. The van der Waals surface area contributed by atoms with Crippen molar-refractivity contribution in [3.8, 4) is 0 Å². The fourth-order valence-electron chi connectivity index (χ4n) is 2.51. The lowest BCUT2D eigenvalue weighted by atomic mass is 10.1. The second-order valence-corrected chi connectivity index (χ2v) is 5.55. The topological polar surface area (TPSA) is 97.0 Å². The summed E-state index contributed by atoms with van der Waals surface area (Å²) in [5, 5.41) is 5.71. The fourth-order valence-corrected chi connectivity index (χ4v) is 2.51. The molecule has 0 aliphatic carbocycles. The molecule has 2 aromatic rings. The molecule has 1 aliphatic rings. The molecule has 2 aromatic carbocycles. The van der Waals surface area contributed by atoms with Crippen molar-refractivity contribution in [3.63, 3.8) is 0 Å². The molecule has 7 heteroatoms. The van der Waals surface area contributed by atoms with E-state index in [4.69, 9.17) is 10.6 Å². The van der Waals surface area contributed by atoms with E-state index in [0.29, 0.717) is 5.69 Å². The zero-order valence-electron chi connectivity index (χ0n) is 13.5. The smallest absolute Gasteiger partial charge is 0.291 e. The number of para-hydroxylation sites is 1. The third kappa shape index (κ3) is 4.02. The van der Waals surface area contributed by atoms with Crippen molar-refractivity contribution >= 4 is 23.2 Å². The lowest BCUT2D eigenvalue weighted by molar-refractivity contribution is -0.127. The Bertz CT molecular complexity index is 777. The maximum absolute atomic E-state index is 12.2. The Morgan fingerprint density at radius 2 is 1.76 bits per heavy atom. The van der Waals surface area contributed by atoms with Gasteiger partial charge in [-0.2, -0.15) is 5.10 Å². The Hall–Kier alpha value is -3.19. The molecule has 1 aliphatic heterocycles. The van der Waals surface area contributed by atoms with Crippen molar-refractivity contribution in [2.24, 2.45) is 10.8 Å². The van der Waals surface area contributed by atoms with Crippen LogP contribution in [-0.4, -0.2) is 23.6 Å². The van der Waals surface area contributed by atoms with E-state index in [2.05, 4.69) is 10.6 Å². The molecule has 3 rings (SSSR count). The lowest BCUT2D eigenvalue weighted by Crippen LogP contribution is -2.39. The Kier molecular flexibility index (Phi) is 5.06. The minimum absolute atomic E-state index is 0.130. The van der Waals surface area contributed by atoms with Crippen LogP contribution in [0.4, 0.5) is 5.69 Å². The summed E-state index contributed by atoms with van der Waals surface area (Å²) in [7, 11) is 0. The molecule has 1 atom stereocenters. The van der Waals surface area contributed by atoms with Crippen LogP contribution in [0.25, 0.3) is 0 Å². The van der Waals surface area contributed by atoms with Gasteiger partial charge in [0.05, 0.1) is 12.3 Å². The molecule has 25 heavy (non-hydrogen) atoms. The maximum Gasteiger partial charge on any atom is 0.291 e. The van der Waals surface area contributed by atoms with E-state index in [1.54, 1.807) is 12.1 Å². The first-order valence-corrected chi connectivity index (χ1v) is 7.82. The van der Waals surface area contributed by atoms with Gasteiger partial charge in [0.25, 0.3) is 5.91 Å². The summed E-state index contributed by atoms with van der Waals surface area (Å²) in [4.78, 5) is 29.1. The van der Waals surface area contributed by atoms with Crippen molar-refractivity contribution in [3.05, 3.63) is 66.2 Å². The van der Waals surface area contributed by atoms with E-state index in [0.717, 1.165) is 5.56 Å². The van der Waals surface area contributed by atoms with E-state index >= 15 is 0 Å². The number of primary amides is 1. The van der Waals surface area contributed by atoms with Crippen LogP contribution >= 0.6 is 0 Å². The number of hydrazone groups is 1. The largest absolute Gasteiger partial charge is 0.368 e. The number of nitrogens with one attached hydrogen (secondary N) is 1. The number of nitrogens with two attached hydrogens (primary N) is 1. The van der Waals surface area contributed by atoms with Crippen LogP contribution in [0.15, 0.2) is 65.8 Å². The number of nitrogens with zero attached hydrogens (tertiary/aromatic N) is 2. The number of hydrogen-bond acceptors (Lipinski definition) is 5. The highest BCUT2D eigenvalue weighted by atomic mass is 16.6. The zero-order chi connectivity index (χ0) is 17.6. The summed E-state index contributed by atoms with van der Waals surface area (Å²) in [6, 6.07) is 17.8. The standard InChI is InChI=1S/C18H18N4O3/c19-17(23)16-11-15(20-22(16)14-9-5-2-6-10-14)18(24)21-25-12-13-7-3-1-4-8-13/h1-10,16H,11-12H2,(H2,19,23)(H,21,24). The first-order valence-electron chi connectivity index (χ1n) is 7.82. The number of carbonyl (C=O) groups is 2. The molecule has 7 nitrogen and oxygen atoms in total. The molecule has 1 heterocycles. The minimum Gasteiger partial charge on any atom is -0.368 e. The van der Waals surface area contributed by atoms with Crippen molar-refractivity contribution in [1.82, 2.24) is 5.48 Å². The summed E-state index contributed by atoms with van der Waals surface area (Å²) >= 11 is 0. The van der Waals surface area contributed by atoms with Gasteiger partial charge in [-0.25, -0.2) is 5.48 Å². The summed E-state index contributed by atoms with van der Waals surface area (Å²) < 4.78 is 0. The number of anilines is 1. The van der Waals surface area contributed by atoms with Crippen LogP contribution in [0.3, 0.4) is 0 Å². The minimum atomic E-state index is -0.697. The second kappa shape index (κ2) is 7.59. The Labute approximate surface area is 145 Å². The van der Waals surface area contributed by atoms with E-state index < -0.39 is 17.9 Å². The third-order valence-corrected chi connectivity index (χ3v) is 3.77. The van der Waals surface area contributed by atoms with Crippen molar-refractivity contribution < 1.29 is 14.4 Å². The monoisotopic (exact) mass is 338 g/mol. The van der Waals surface area contributed by atoms with Crippen LogP contribution in [0.1, 0.15) is 12.0 Å². The maximum atomic E-state index is 12.2. The van der Waals surface area contributed by atoms with E-state index in [9.17, 15) is 9.59 Å². The fraction of sp³-hybridized carbons (Fsp3) is 0.167. The normalized spacial score (nSPS) is 16.4. The average Bonchev–Trinajstić information content (AvgIpc) is 3.09. The van der Waals surface area contributed by atoms with Crippen LogP contribution in [0.5, 0.6) is 0 Å². The predicted octanol–water partition coefficient (Wildman–Crippen LogP) is 1.35. The van der Waals surface area contributed by atoms with Gasteiger partial charge in [-0.05, 0) is 17.7 Å². The van der Waals surface area contributed by atoms with Gasteiger partial charge in [-0.3, -0.25) is 19.4 Å². The molecule has 0 saturated carbocycles. The molecule has 128 valence electrons. The lowest BCUT2D eigenvalue weighted by Gasteiger charge is -2.20. The van der Waals surface area contributed by atoms with Crippen molar-refractivity contribution in [2.75, 3.05) is 5.01 Å². The number of hydrogen-bond donors (Lipinski definition) is 2. The van der Waals surface area contributed by atoms with E-state index in [1.165, 1.54) is 5.01 Å². The van der Waals surface area contributed by atoms with Gasteiger partial charge in [0.1, 0.15) is 11.8 Å². The highest BCUT2D eigenvalue weighted by Gasteiger charge is 2.34. The molecule has 0 radical (unpaired) electrons. The molecular weight excluding hydrogens is 320 g/mol. The van der Waals surface area contributed by atoms with Crippen molar-refractivity contribution in [2.45, 2.75) is 19.1 Å². The van der Waals surface area contributed by atoms with Gasteiger partial charge in [-0.1, -0.05) is 48.5 Å². The van der Waals surface area contributed by atoms with Crippen molar-refractivity contribution in [1.29, 1.82) is 0 Å². The van der Waals surface area contributed by atoms with Gasteiger partial charge >= 0.3 is 0 Å². The molecule has 0 spiro atoms. The summed E-state index contributed by atoms with van der Waals surface area (Å²) in [5.74, 6) is -1.03. The van der Waals surface area contributed by atoms with E-state index in [1.807, 2.05) is 48.5 Å². The average molecular weight is 338 g/mol. The van der Waals surface area contributed by atoms with Crippen LogP contribution < -0.4 is 16.2 Å². The van der Waals surface area contributed by atoms with E-state index in [-0.39, 0.29) is 18.7 Å². The molecule has 0 saturated heterocycles. The quantitative estimate of drug-likeness (QED) is 0.777. The highest BCUT2D eigenvalue weighted by Crippen LogP contribution is 2.24. The molecule has 0 aromatic heterocycles. The second-order valence-electron chi connectivity index (χ2n) is 5.55. The zero-order valence-corrected chi connectivity index (χ0v) is 13.5. The summed E-state index contributed by atoms with van der Waals surface area (Å²) in [6.07, 6.45) is 0.130. The summed E-state index contributed by atoms with van der Waals surface area (Å²) in [5.41, 5.74) is 9.62. The molecular formula is C18H18N4O3. The Morgan fingerprint density at radius 1 is 1.12 bits per heavy atom. The molecule has 2 amide bonds. The summed E-state index contributed by atoms with van der Waals surface area (Å²) in [6.45, 7) is 0.238. The number of benzene rings is 2. The van der Waals surface area contributed by atoms with Gasteiger partial charge in [0.15, 0.2) is 0 Å². The molecule has 0 fully saturated rings. The predicted molar refractivity (Wildman–Crippen MR) is 93.3 cm³/mol. The van der Waals surface area contributed by atoms with Gasteiger partial charge in [-0.15, -0.1) is 0 Å². The van der Waals surface area contributed by atoms with Gasteiger partial charge in [0.2, 0.25) is 5.91 Å². The third-order valence-electron chi connectivity index (χ3n) is 3.77. The van der Waals surface area contributed by atoms with Crippen LogP contribution in [-0.2, 0) is 21.0 Å². The number of hydroxylamine groups is 1. The number of carbonyl (C=O) groups excluding carboxylic acids is 2. The molecule has 1 unspecified atom stereocenters. The first-order chi connectivity index (χ1) is 12.1. The Balaban J connectivity index is 1.65. The van der Waals surface area contributed by atoms with Crippen LogP contribution in [0, 0.1) is 0 Å². The molecule has 3 N–H and O–H groups in total. The SMILES string of the molecule is NC(=O)C1CC(C(=O)NOCc2ccccc2)=NN1c1ccccc1. The first kappa shape index (κ1) is 16.7.